The summed E-state index contributed by atoms with van der Waals surface area (Å²) in [7, 11) is 0. The van der Waals surface area contributed by atoms with Crippen molar-refractivity contribution in [2.45, 2.75) is 57.8 Å². The summed E-state index contributed by atoms with van der Waals surface area (Å²) in [6, 6.07) is 0. The smallest absolute Gasteiger partial charge is 0.359 e. The molecule has 1 aromatic rings. The third kappa shape index (κ3) is 3.92. The second-order valence-electron chi connectivity index (χ2n) is 6.42. The molecule has 1 aromatic heterocycles. The second-order valence-corrected chi connectivity index (χ2v) is 6.42. The van der Waals surface area contributed by atoms with Crippen LogP contribution >= 0.6 is 0 Å². The molecule has 126 valence electrons. The fourth-order valence-corrected chi connectivity index (χ4v) is 3.41. The molecule has 0 radical (unpaired) electrons. The first-order valence-electron chi connectivity index (χ1n) is 8.76. The molecule has 0 unspecified atom stereocenters. The van der Waals surface area contributed by atoms with Crippen molar-refractivity contribution in [3.63, 3.8) is 0 Å². The Hall–Kier alpha value is -1.85. The highest BCUT2D eigenvalue weighted by Crippen LogP contribution is 2.22. The highest BCUT2D eigenvalue weighted by atomic mass is 16.5. The lowest BCUT2D eigenvalue weighted by atomic mass is 10.1. The lowest BCUT2D eigenvalue weighted by Gasteiger charge is -2.26. The van der Waals surface area contributed by atoms with Crippen LogP contribution in [0.3, 0.4) is 0 Å². The number of piperidine rings is 1. The molecule has 0 spiro atoms. The second kappa shape index (κ2) is 7.62. The van der Waals surface area contributed by atoms with Gasteiger partial charge in [0.25, 0.3) is 0 Å². The van der Waals surface area contributed by atoms with Gasteiger partial charge in [-0.2, -0.15) is 5.10 Å². The van der Waals surface area contributed by atoms with Crippen LogP contribution in [0.4, 0.5) is 0 Å². The summed E-state index contributed by atoms with van der Waals surface area (Å²) in [6.45, 7) is 1.84. The number of aryl methyl sites for hydroxylation is 1. The molecule has 1 N–H and O–H groups in total. The molecule has 1 aliphatic carbocycles. The van der Waals surface area contributed by atoms with Crippen LogP contribution in [0.15, 0.2) is 0 Å². The minimum absolute atomic E-state index is 0.222. The number of amides is 1. The Morgan fingerprint density at radius 3 is 2.83 bits per heavy atom. The molecule has 0 atom stereocenters. The molecule has 1 fully saturated rings. The molecule has 1 aliphatic heterocycles. The maximum absolute atomic E-state index is 12.2. The van der Waals surface area contributed by atoms with Gasteiger partial charge in [0.05, 0.1) is 6.61 Å². The number of carbonyl (C=O) groups is 2. The van der Waals surface area contributed by atoms with Gasteiger partial charge in [0, 0.05) is 30.8 Å². The number of ether oxygens (including phenoxy) is 1. The van der Waals surface area contributed by atoms with Crippen molar-refractivity contribution < 1.29 is 14.3 Å². The summed E-state index contributed by atoms with van der Waals surface area (Å²) in [5, 5.41) is 7.15. The quantitative estimate of drug-likeness (QED) is 0.513. The lowest BCUT2D eigenvalue weighted by molar-refractivity contribution is -0.133. The Morgan fingerprint density at radius 1 is 1.13 bits per heavy atom. The number of nitrogens with one attached hydrogen (secondary N) is 1. The number of esters is 1. The van der Waals surface area contributed by atoms with Gasteiger partial charge in [-0.15, -0.1) is 0 Å². The average molecular weight is 319 g/mol. The molecule has 2 aliphatic rings. The molecule has 0 saturated carbocycles. The van der Waals surface area contributed by atoms with Crippen molar-refractivity contribution in [2.75, 3.05) is 19.7 Å². The van der Waals surface area contributed by atoms with Gasteiger partial charge in [0.1, 0.15) is 0 Å². The first-order valence-corrected chi connectivity index (χ1v) is 8.76. The fraction of sp³-hybridized carbons (Fsp3) is 0.706. The Labute approximate surface area is 136 Å². The Balaban J connectivity index is 1.46. The van der Waals surface area contributed by atoms with Crippen LogP contribution in [0.2, 0.25) is 0 Å². The average Bonchev–Trinajstić information content (AvgIpc) is 2.82. The SMILES string of the molecule is O=C(OCCCN1CCCCC1=O)c1n[nH]c2c1CCCCC2. The van der Waals surface area contributed by atoms with Gasteiger partial charge >= 0.3 is 5.97 Å². The first-order chi connectivity index (χ1) is 11.3. The fourth-order valence-electron chi connectivity index (χ4n) is 3.41. The van der Waals surface area contributed by atoms with Crippen LogP contribution in [0, 0.1) is 0 Å². The number of carbonyl (C=O) groups excluding carboxylic acids is 2. The van der Waals surface area contributed by atoms with Gasteiger partial charge in [-0.3, -0.25) is 9.89 Å². The third-order valence-electron chi connectivity index (χ3n) is 4.73. The van der Waals surface area contributed by atoms with Crippen molar-refractivity contribution >= 4 is 11.9 Å². The number of H-pyrrole nitrogens is 1. The van der Waals surface area contributed by atoms with Gasteiger partial charge in [0.2, 0.25) is 5.91 Å². The van der Waals surface area contributed by atoms with Crippen molar-refractivity contribution in [1.82, 2.24) is 15.1 Å². The van der Waals surface area contributed by atoms with Gasteiger partial charge in [-0.05, 0) is 44.9 Å². The maximum atomic E-state index is 12.2. The first kappa shape index (κ1) is 16.0. The Bertz CT molecular complexity index is 567. The van der Waals surface area contributed by atoms with E-state index in [-0.39, 0.29) is 11.9 Å². The van der Waals surface area contributed by atoms with Crippen LogP contribution in [0.25, 0.3) is 0 Å². The number of likely N-dealkylation sites (tertiary alicyclic amines) is 1. The van der Waals surface area contributed by atoms with Crippen molar-refractivity contribution in [3.05, 3.63) is 17.0 Å². The zero-order valence-corrected chi connectivity index (χ0v) is 13.6. The largest absolute Gasteiger partial charge is 0.461 e. The molecule has 1 amide bonds. The lowest BCUT2D eigenvalue weighted by Crippen LogP contribution is -2.36. The summed E-state index contributed by atoms with van der Waals surface area (Å²) < 4.78 is 5.36. The highest BCUT2D eigenvalue weighted by molar-refractivity contribution is 5.89. The zero-order chi connectivity index (χ0) is 16.1. The van der Waals surface area contributed by atoms with E-state index in [0.29, 0.717) is 31.7 Å². The van der Waals surface area contributed by atoms with E-state index in [9.17, 15) is 9.59 Å². The van der Waals surface area contributed by atoms with Crippen molar-refractivity contribution in [3.8, 4) is 0 Å². The molecular weight excluding hydrogens is 294 g/mol. The molecule has 1 saturated heterocycles. The van der Waals surface area contributed by atoms with E-state index in [1.807, 2.05) is 4.90 Å². The number of hydrogen-bond acceptors (Lipinski definition) is 4. The van der Waals surface area contributed by atoms with Gasteiger partial charge in [-0.25, -0.2) is 4.79 Å². The number of aromatic nitrogens is 2. The predicted octanol–water partition coefficient (Wildman–Crippen LogP) is 2.24. The number of nitrogens with zero attached hydrogens (tertiary/aromatic N) is 2. The highest BCUT2D eigenvalue weighted by Gasteiger charge is 2.22. The van der Waals surface area contributed by atoms with Crippen LogP contribution < -0.4 is 0 Å². The third-order valence-corrected chi connectivity index (χ3v) is 4.73. The zero-order valence-electron chi connectivity index (χ0n) is 13.6. The minimum Gasteiger partial charge on any atom is -0.461 e. The number of fused-ring (bicyclic) bond motifs is 1. The van der Waals surface area contributed by atoms with E-state index in [4.69, 9.17) is 4.74 Å². The normalized spacial score (nSPS) is 18.4. The number of rotatable bonds is 5. The molecule has 3 rings (SSSR count). The Morgan fingerprint density at radius 2 is 1.96 bits per heavy atom. The summed E-state index contributed by atoms with van der Waals surface area (Å²) in [4.78, 5) is 25.8. The van der Waals surface area contributed by atoms with Crippen molar-refractivity contribution in [1.29, 1.82) is 0 Å². The summed E-state index contributed by atoms with van der Waals surface area (Å²) in [5.41, 5.74) is 2.59. The van der Waals surface area contributed by atoms with E-state index in [1.165, 1.54) is 6.42 Å². The topological polar surface area (TPSA) is 75.3 Å². The Kier molecular flexibility index (Phi) is 5.31. The van der Waals surface area contributed by atoms with E-state index in [2.05, 4.69) is 10.2 Å². The van der Waals surface area contributed by atoms with E-state index < -0.39 is 0 Å². The molecule has 2 heterocycles. The minimum atomic E-state index is -0.339. The monoisotopic (exact) mass is 319 g/mol. The molecular formula is C17H25N3O3. The maximum Gasteiger partial charge on any atom is 0.359 e. The summed E-state index contributed by atoms with van der Waals surface area (Å²) in [5.74, 6) is -0.116. The van der Waals surface area contributed by atoms with Gasteiger partial charge in [-0.1, -0.05) is 6.42 Å². The van der Waals surface area contributed by atoms with Gasteiger partial charge < -0.3 is 9.64 Å². The number of hydrogen-bond donors (Lipinski definition) is 1. The van der Waals surface area contributed by atoms with Gasteiger partial charge in [0.15, 0.2) is 5.69 Å². The summed E-state index contributed by atoms with van der Waals surface area (Å²) >= 11 is 0. The van der Waals surface area contributed by atoms with Crippen LogP contribution in [0.1, 0.15) is 66.7 Å². The van der Waals surface area contributed by atoms with E-state index in [0.717, 1.165) is 56.3 Å². The van der Waals surface area contributed by atoms with Crippen LogP contribution in [-0.4, -0.2) is 46.7 Å². The van der Waals surface area contributed by atoms with E-state index in [1.54, 1.807) is 0 Å². The number of aromatic amines is 1. The molecule has 0 bridgehead atoms. The predicted molar refractivity (Wildman–Crippen MR) is 85.2 cm³/mol. The molecule has 6 heteroatoms. The molecule has 0 aromatic carbocycles. The van der Waals surface area contributed by atoms with Crippen LogP contribution in [-0.2, 0) is 22.4 Å². The van der Waals surface area contributed by atoms with Crippen molar-refractivity contribution in [2.24, 2.45) is 0 Å². The molecule has 23 heavy (non-hydrogen) atoms. The summed E-state index contributed by atoms with van der Waals surface area (Å²) in [6.07, 6.45) is 8.71. The molecule has 6 nitrogen and oxygen atoms in total. The van der Waals surface area contributed by atoms with E-state index >= 15 is 0 Å². The standard InChI is InChI=1S/C17H25N3O3/c21-15-9-4-5-10-20(15)11-6-12-23-17(22)16-13-7-2-1-3-8-14(13)18-19-16/h1-12H2,(H,18,19). The van der Waals surface area contributed by atoms with Crippen LogP contribution in [0.5, 0.6) is 0 Å².